The molecule has 0 spiro atoms. The first kappa shape index (κ1) is 19.7. The van der Waals surface area contributed by atoms with Crippen LogP contribution in [0.25, 0.3) is 16.9 Å². The maximum absolute atomic E-state index is 11.5. The van der Waals surface area contributed by atoms with Crippen molar-refractivity contribution in [3.63, 3.8) is 0 Å². The fourth-order valence-corrected chi connectivity index (χ4v) is 3.32. The van der Waals surface area contributed by atoms with Crippen molar-refractivity contribution in [1.29, 1.82) is 0 Å². The third kappa shape index (κ3) is 3.66. The van der Waals surface area contributed by atoms with Crippen LogP contribution >= 0.6 is 23.8 Å². The Morgan fingerprint density at radius 1 is 1.10 bits per heavy atom. The van der Waals surface area contributed by atoms with Crippen LogP contribution in [0.3, 0.4) is 0 Å². The van der Waals surface area contributed by atoms with Gasteiger partial charge in [-0.3, -0.25) is 25.7 Å². The van der Waals surface area contributed by atoms with Gasteiger partial charge < -0.3 is 5.32 Å². The van der Waals surface area contributed by atoms with E-state index < -0.39 is 21.7 Å². The number of nitro benzene ring substituents is 2. The van der Waals surface area contributed by atoms with Crippen molar-refractivity contribution in [2.45, 2.75) is 6.17 Å². The van der Waals surface area contributed by atoms with Gasteiger partial charge in [0.2, 0.25) is 0 Å². The van der Waals surface area contributed by atoms with Crippen LogP contribution in [0.4, 0.5) is 11.4 Å². The minimum absolute atomic E-state index is 0.0839. The Morgan fingerprint density at radius 3 is 2.43 bits per heavy atom. The molecule has 1 atom stereocenters. The number of nitrogens with one attached hydrogen (secondary N) is 3. The smallest absolute Gasteiger partial charge is 0.301 e. The van der Waals surface area contributed by atoms with E-state index in [0.717, 1.165) is 11.6 Å². The Bertz CT molecular complexity index is 1180. The topological polar surface area (TPSA) is 140 Å². The first-order chi connectivity index (χ1) is 14.3. The van der Waals surface area contributed by atoms with E-state index in [1.54, 1.807) is 30.5 Å². The van der Waals surface area contributed by atoms with Gasteiger partial charge in [-0.15, -0.1) is 0 Å². The molecular weight excluding hydrogens is 434 g/mol. The fraction of sp³-hybridized carbons (Fsp3) is 0.0588. The van der Waals surface area contributed by atoms with Gasteiger partial charge in [-0.05, 0) is 30.4 Å². The second-order valence-corrected chi connectivity index (χ2v) is 7.09. The van der Waals surface area contributed by atoms with Crippen LogP contribution in [0, 0.1) is 20.2 Å². The van der Waals surface area contributed by atoms with Crippen LogP contribution in [0.1, 0.15) is 11.7 Å². The third-order valence-corrected chi connectivity index (χ3v) is 4.86. The molecule has 1 unspecified atom stereocenters. The highest BCUT2D eigenvalue weighted by atomic mass is 35.5. The summed E-state index contributed by atoms with van der Waals surface area (Å²) in [6.07, 6.45) is 1.15. The lowest BCUT2D eigenvalue weighted by Gasteiger charge is -2.09. The molecule has 3 aromatic rings. The maximum atomic E-state index is 11.5. The predicted molar refractivity (Wildman–Crippen MR) is 112 cm³/mol. The molecule has 0 bridgehead atoms. The number of aromatic nitrogens is 2. The summed E-state index contributed by atoms with van der Waals surface area (Å²) in [5.74, 6) is 0. The molecule has 0 amide bonds. The Morgan fingerprint density at radius 2 is 1.83 bits per heavy atom. The zero-order valence-corrected chi connectivity index (χ0v) is 16.5. The molecule has 4 rings (SSSR count). The molecule has 1 aromatic heterocycles. The van der Waals surface area contributed by atoms with E-state index in [1.165, 1.54) is 16.8 Å². The van der Waals surface area contributed by atoms with E-state index in [4.69, 9.17) is 23.8 Å². The molecule has 2 aromatic carbocycles. The molecule has 30 heavy (non-hydrogen) atoms. The molecule has 152 valence electrons. The summed E-state index contributed by atoms with van der Waals surface area (Å²) in [7, 11) is 0. The summed E-state index contributed by atoms with van der Waals surface area (Å²) in [5.41, 5.74) is 6.90. The third-order valence-electron chi connectivity index (χ3n) is 4.39. The minimum Gasteiger partial charge on any atom is -0.341 e. The Hall–Kier alpha value is -3.61. The van der Waals surface area contributed by atoms with Crippen LogP contribution in [-0.4, -0.2) is 24.7 Å². The van der Waals surface area contributed by atoms with Gasteiger partial charge in [0.15, 0.2) is 5.11 Å². The van der Waals surface area contributed by atoms with E-state index in [1.807, 2.05) is 0 Å². The van der Waals surface area contributed by atoms with E-state index in [9.17, 15) is 20.2 Å². The van der Waals surface area contributed by atoms with Gasteiger partial charge in [0.05, 0.1) is 21.6 Å². The maximum Gasteiger partial charge on any atom is 0.301 e. The Balaban J connectivity index is 1.87. The minimum atomic E-state index is -0.691. The molecule has 1 aliphatic rings. The van der Waals surface area contributed by atoms with E-state index >= 15 is 0 Å². The summed E-state index contributed by atoms with van der Waals surface area (Å²) in [6.45, 7) is 0. The number of non-ortho nitro benzene ring substituents is 1. The molecule has 0 aliphatic carbocycles. The summed E-state index contributed by atoms with van der Waals surface area (Å²) < 4.78 is 1.31. The average Bonchev–Trinajstić information content (AvgIpc) is 3.34. The van der Waals surface area contributed by atoms with Crippen molar-refractivity contribution >= 4 is 40.3 Å². The first-order valence-corrected chi connectivity index (χ1v) is 9.23. The summed E-state index contributed by atoms with van der Waals surface area (Å²) in [5, 5.41) is 31.0. The summed E-state index contributed by atoms with van der Waals surface area (Å²) in [4.78, 5) is 21.2. The molecule has 13 heteroatoms. The van der Waals surface area contributed by atoms with E-state index in [-0.39, 0.29) is 11.4 Å². The van der Waals surface area contributed by atoms with Crippen molar-refractivity contribution < 1.29 is 9.85 Å². The van der Waals surface area contributed by atoms with Crippen molar-refractivity contribution in [2.75, 3.05) is 0 Å². The van der Waals surface area contributed by atoms with E-state index in [2.05, 4.69) is 21.3 Å². The second kappa shape index (κ2) is 7.67. The average molecular weight is 446 g/mol. The molecule has 1 fully saturated rings. The van der Waals surface area contributed by atoms with Crippen molar-refractivity contribution in [2.24, 2.45) is 0 Å². The summed E-state index contributed by atoms with van der Waals surface area (Å²) >= 11 is 11.1. The van der Waals surface area contributed by atoms with Gasteiger partial charge in [0, 0.05) is 28.4 Å². The molecule has 2 heterocycles. The molecule has 0 radical (unpaired) electrons. The Labute approximate surface area is 178 Å². The van der Waals surface area contributed by atoms with Crippen LogP contribution in [0.2, 0.25) is 5.02 Å². The number of nitrogens with zero attached hydrogens (tertiary/aromatic N) is 4. The number of hydrazine groups is 1. The monoisotopic (exact) mass is 445 g/mol. The normalized spacial score (nSPS) is 15.5. The van der Waals surface area contributed by atoms with Gasteiger partial charge in [-0.2, -0.15) is 5.10 Å². The lowest BCUT2D eigenvalue weighted by molar-refractivity contribution is -0.394. The lowest BCUT2D eigenvalue weighted by Crippen LogP contribution is -2.26. The van der Waals surface area contributed by atoms with E-state index in [0.29, 0.717) is 21.4 Å². The SMILES string of the molecule is O=[N+]([O-])c1ccc(-n2cc(C3NNC(=S)N3)c(-c3ccc(Cl)cc3)n2)c([N+](=O)[O-])c1. The molecule has 1 aliphatic heterocycles. The largest absolute Gasteiger partial charge is 0.341 e. The zero-order chi connectivity index (χ0) is 21.4. The molecule has 1 saturated heterocycles. The summed E-state index contributed by atoms with van der Waals surface area (Å²) in [6, 6.07) is 10.3. The van der Waals surface area contributed by atoms with Crippen LogP contribution in [-0.2, 0) is 0 Å². The highest BCUT2D eigenvalue weighted by Gasteiger charge is 2.27. The first-order valence-electron chi connectivity index (χ1n) is 8.44. The zero-order valence-electron chi connectivity index (χ0n) is 14.9. The standard InChI is InChI=1S/C17H12ClN7O4S/c18-10-3-1-9(2-4-10)15-12(16-19-17(30)21-20-16)8-23(22-15)13-6-5-11(24(26)27)7-14(13)25(28)29/h1-8,16,20H,(H2,19,21,30). The van der Waals surface area contributed by atoms with Crippen molar-refractivity contribution in [3.05, 3.63) is 79.5 Å². The number of rotatable bonds is 5. The molecule has 11 nitrogen and oxygen atoms in total. The highest BCUT2D eigenvalue weighted by molar-refractivity contribution is 7.80. The Kier molecular flexibility index (Phi) is 5.03. The van der Waals surface area contributed by atoms with Gasteiger partial charge >= 0.3 is 5.69 Å². The van der Waals surface area contributed by atoms with Crippen LogP contribution < -0.4 is 16.2 Å². The number of hydrogen-bond acceptors (Lipinski definition) is 7. The number of halogens is 1. The van der Waals surface area contributed by atoms with Crippen LogP contribution in [0.15, 0.2) is 48.7 Å². The number of nitro groups is 2. The quantitative estimate of drug-likeness (QED) is 0.307. The van der Waals surface area contributed by atoms with Gasteiger partial charge in [0.25, 0.3) is 5.69 Å². The molecule has 0 saturated carbocycles. The van der Waals surface area contributed by atoms with Crippen molar-refractivity contribution in [3.8, 4) is 16.9 Å². The highest BCUT2D eigenvalue weighted by Crippen LogP contribution is 2.32. The van der Waals surface area contributed by atoms with Crippen molar-refractivity contribution in [1.82, 2.24) is 25.9 Å². The molecular formula is C17H12ClN7O4S. The van der Waals surface area contributed by atoms with Gasteiger partial charge in [-0.1, -0.05) is 23.7 Å². The fourth-order valence-electron chi connectivity index (χ4n) is 3.02. The number of thiocarbonyl (C=S) groups is 1. The second-order valence-electron chi connectivity index (χ2n) is 6.25. The predicted octanol–water partition coefficient (Wildman–Crippen LogP) is 2.99. The number of benzene rings is 2. The number of hydrogen-bond donors (Lipinski definition) is 3. The lowest BCUT2D eigenvalue weighted by atomic mass is 10.1. The van der Waals surface area contributed by atoms with Gasteiger partial charge in [0.1, 0.15) is 11.9 Å². The molecule has 3 N–H and O–H groups in total. The van der Waals surface area contributed by atoms with Gasteiger partial charge in [-0.25, -0.2) is 10.1 Å². The van der Waals surface area contributed by atoms with Crippen LogP contribution in [0.5, 0.6) is 0 Å².